The molecule has 1 rings (SSSR count). The van der Waals surface area contributed by atoms with Crippen molar-refractivity contribution in [2.75, 3.05) is 32.7 Å². The lowest BCUT2D eigenvalue weighted by molar-refractivity contribution is -0.122. The minimum atomic E-state index is 0.144. The molecule has 1 unspecified atom stereocenters. The van der Waals surface area contributed by atoms with Gasteiger partial charge in [0.2, 0.25) is 5.91 Å². The maximum absolute atomic E-state index is 11.7. The molecule has 2 N–H and O–H groups in total. The summed E-state index contributed by atoms with van der Waals surface area (Å²) in [4.78, 5) is 13.9. The Kier molecular flexibility index (Phi) is 6.52. The lowest BCUT2D eigenvalue weighted by Gasteiger charge is -2.29. The monoisotopic (exact) mass is 241 g/mol. The van der Waals surface area contributed by atoms with Crippen molar-refractivity contribution in [1.82, 2.24) is 15.5 Å². The number of nitrogens with zero attached hydrogens (tertiary/aromatic N) is 1. The second-order valence-corrected chi connectivity index (χ2v) is 5.26. The zero-order valence-corrected chi connectivity index (χ0v) is 11.5. The van der Waals surface area contributed by atoms with Gasteiger partial charge in [-0.25, -0.2) is 0 Å². The molecule has 1 amide bonds. The van der Waals surface area contributed by atoms with Crippen LogP contribution in [0.2, 0.25) is 0 Å². The molecule has 0 aromatic heterocycles. The molecular weight excluding hydrogens is 214 g/mol. The Labute approximate surface area is 105 Å². The first-order valence-corrected chi connectivity index (χ1v) is 6.84. The van der Waals surface area contributed by atoms with Gasteiger partial charge in [-0.2, -0.15) is 0 Å². The number of carbonyl (C=O) groups excluding carboxylic acids is 1. The number of likely N-dealkylation sites (N-methyl/N-ethyl adjacent to an activating group) is 1. The topological polar surface area (TPSA) is 44.4 Å². The van der Waals surface area contributed by atoms with Crippen LogP contribution in [0.25, 0.3) is 0 Å². The zero-order valence-electron chi connectivity index (χ0n) is 11.5. The third kappa shape index (κ3) is 6.03. The quantitative estimate of drug-likeness (QED) is 0.724. The van der Waals surface area contributed by atoms with Crippen LogP contribution in [0.1, 0.15) is 33.6 Å². The van der Waals surface area contributed by atoms with Crippen molar-refractivity contribution >= 4 is 5.91 Å². The second kappa shape index (κ2) is 7.67. The molecule has 1 aliphatic rings. The maximum atomic E-state index is 11.7. The molecule has 17 heavy (non-hydrogen) atoms. The third-order valence-corrected chi connectivity index (χ3v) is 3.18. The molecule has 1 atom stereocenters. The highest BCUT2D eigenvalue weighted by Crippen LogP contribution is 2.11. The molecule has 1 heterocycles. The Hall–Kier alpha value is -0.610. The number of hydrogen-bond donors (Lipinski definition) is 2. The Balaban J connectivity index is 2.29. The predicted octanol–water partition coefficient (Wildman–Crippen LogP) is 0.833. The molecule has 0 spiro atoms. The average molecular weight is 241 g/mol. The Morgan fingerprint density at radius 2 is 2.29 bits per heavy atom. The number of hydrogen-bond acceptors (Lipinski definition) is 3. The third-order valence-electron chi connectivity index (χ3n) is 3.18. The van der Waals surface area contributed by atoms with Gasteiger partial charge in [0, 0.05) is 12.6 Å². The Bertz CT molecular complexity index is 225. The van der Waals surface area contributed by atoms with Crippen LogP contribution in [-0.2, 0) is 4.79 Å². The van der Waals surface area contributed by atoms with Crippen molar-refractivity contribution in [2.24, 2.45) is 5.92 Å². The highest BCUT2D eigenvalue weighted by atomic mass is 16.2. The standard InChI is InChI=1S/C13H27N3O/c1-4-16(10-13(17)15-11(2)3)9-12-6-5-7-14-8-12/h11-12,14H,4-10H2,1-3H3,(H,15,17). The highest BCUT2D eigenvalue weighted by Gasteiger charge is 2.17. The summed E-state index contributed by atoms with van der Waals surface area (Å²) in [6.07, 6.45) is 2.55. The molecule has 4 heteroatoms. The van der Waals surface area contributed by atoms with Crippen LogP contribution in [0.5, 0.6) is 0 Å². The van der Waals surface area contributed by atoms with Gasteiger partial charge < -0.3 is 10.6 Å². The molecule has 0 saturated carbocycles. The number of rotatable bonds is 6. The largest absolute Gasteiger partial charge is 0.353 e. The van der Waals surface area contributed by atoms with Crippen LogP contribution < -0.4 is 10.6 Å². The summed E-state index contributed by atoms with van der Waals surface area (Å²) in [6, 6.07) is 0.234. The summed E-state index contributed by atoms with van der Waals surface area (Å²) < 4.78 is 0. The fourth-order valence-corrected chi connectivity index (χ4v) is 2.32. The van der Waals surface area contributed by atoms with Gasteiger partial charge in [0.1, 0.15) is 0 Å². The molecule has 0 aromatic carbocycles. The smallest absolute Gasteiger partial charge is 0.234 e. The summed E-state index contributed by atoms with van der Waals surface area (Å²) >= 11 is 0. The van der Waals surface area contributed by atoms with E-state index < -0.39 is 0 Å². The highest BCUT2D eigenvalue weighted by molar-refractivity contribution is 5.78. The van der Waals surface area contributed by atoms with Crippen molar-refractivity contribution < 1.29 is 4.79 Å². The van der Waals surface area contributed by atoms with Gasteiger partial charge in [-0.1, -0.05) is 6.92 Å². The van der Waals surface area contributed by atoms with Crippen molar-refractivity contribution in [2.45, 2.75) is 39.7 Å². The first kappa shape index (κ1) is 14.5. The van der Waals surface area contributed by atoms with Gasteiger partial charge in [-0.05, 0) is 52.2 Å². The van der Waals surface area contributed by atoms with Crippen molar-refractivity contribution in [1.29, 1.82) is 0 Å². The van der Waals surface area contributed by atoms with Crippen molar-refractivity contribution in [3.63, 3.8) is 0 Å². The molecule has 0 aliphatic carbocycles. The van der Waals surface area contributed by atoms with Crippen molar-refractivity contribution in [3.8, 4) is 0 Å². The molecule has 1 saturated heterocycles. The number of piperidine rings is 1. The van der Waals surface area contributed by atoms with E-state index in [4.69, 9.17) is 0 Å². The lowest BCUT2D eigenvalue weighted by Crippen LogP contribution is -2.44. The van der Waals surface area contributed by atoms with Crippen LogP contribution in [0.15, 0.2) is 0 Å². The molecule has 1 aliphatic heterocycles. The molecule has 0 aromatic rings. The Morgan fingerprint density at radius 1 is 1.53 bits per heavy atom. The molecule has 0 radical (unpaired) electrons. The molecule has 0 bridgehead atoms. The Morgan fingerprint density at radius 3 is 2.82 bits per heavy atom. The van der Waals surface area contributed by atoms with Gasteiger partial charge in [0.25, 0.3) is 0 Å². The van der Waals surface area contributed by atoms with E-state index in [1.165, 1.54) is 12.8 Å². The number of carbonyl (C=O) groups is 1. The van der Waals surface area contributed by atoms with E-state index in [0.717, 1.165) is 26.2 Å². The molecule has 100 valence electrons. The van der Waals surface area contributed by atoms with E-state index in [2.05, 4.69) is 22.5 Å². The van der Waals surface area contributed by atoms with Crippen LogP contribution in [0, 0.1) is 5.92 Å². The SMILES string of the molecule is CCN(CC(=O)NC(C)C)CC1CCCNC1. The zero-order chi connectivity index (χ0) is 12.7. The lowest BCUT2D eigenvalue weighted by atomic mass is 9.99. The molecule has 1 fully saturated rings. The van der Waals surface area contributed by atoms with Crippen LogP contribution >= 0.6 is 0 Å². The van der Waals surface area contributed by atoms with E-state index in [1.807, 2.05) is 13.8 Å². The second-order valence-electron chi connectivity index (χ2n) is 5.26. The van der Waals surface area contributed by atoms with Gasteiger partial charge >= 0.3 is 0 Å². The average Bonchev–Trinajstić information content (AvgIpc) is 2.28. The predicted molar refractivity (Wildman–Crippen MR) is 71.0 cm³/mol. The summed E-state index contributed by atoms with van der Waals surface area (Å²) in [5.41, 5.74) is 0. The summed E-state index contributed by atoms with van der Waals surface area (Å²) in [5.74, 6) is 0.848. The fourth-order valence-electron chi connectivity index (χ4n) is 2.32. The maximum Gasteiger partial charge on any atom is 0.234 e. The van der Waals surface area contributed by atoms with E-state index in [9.17, 15) is 4.79 Å². The summed E-state index contributed by atoms with van der Waals surface area (Å²) in [7, 11) is 0. The number of nitrogens with one attached hydrogen (secondary N) is 2. The van der Waals surface area contributed by atoms with Crippen molar-refractivity contribution in [3.05, 3.63) is 0 Å². The molecule has 4 nitrogen and oxygen atoms in total. The van der Waals surface area contributed by atoms with Gasteiger partial charge in [-0.15, -0.1) is 0 Å². The van der Waals surface area contributed by atoms with Crippen LogP contribution in [-0.4, -0.2) is 49.6 Å². The van der Waals surface area contributed by atoms with Gasteiger partial charge in [0.15, 0.2) is 0 Å². The van der Waals surface area contributed by atoms with Gasteiger partial charge in [-0.3, -0.25) is 9.69 Å². The summed E-state index contributed by atoms with van der Waals surface area (Å²) in [6.45, 7) is 10.9. The van der Waals surface area contributed by atoms with Gasteiger partial charge in [0.05, 0.1) is 6.54 Å². The minimum absolute atomic E-state index is 0.144. The fraction of sp³-hybridized carbons (Fsp3) is 0.923. The van der Waals surface area contributed by atoms with Crippen LogP contribution in [0.3, 0.4) is 0 Å². The first-order valence-electron chi connectivity index (χ1n) is 6.84. The number of amides is 1. The minimum Gasteiger partial charge on any atom is -0.353 e. The van der Waals surface area contributed by atoms with E-state index >= 15 is 0 Å². The normalized spacial score (nSPS) is 20.9. The summed E-state index contributed by atoms with van der Waals surface area (Å²) in [5, 5.41) is 6.37. The van der Waals surface area contributed by atoms with Crippen LogP contribution in [0.4, 0.5) is 0 Å². The first-order chi connectivity index (χ1) is 8.11. The van der Waals surface area contributed by atoms with E-state index in [1.54, 1.807) is 0 Å². The van der Waals surface area contributed by atoms with E-state index in [-0.39, 0.29) is 11.9 Å². The molecular formula is C13H27N3O. The van der Waals surface area contributed by atoms with E-state index in [0.29, 0.717) is 12.5 Å².